The number of carbonyl (C=O) groups excluding carboxylic acids is 1. The van der Waals surface area contributed by atoms with E-state index in [2.05, 4.69) is 27.7 Å². The Balaban J connectivity index is 1.65. The zero-order chi connectivity index (χ0) is 17.5. The van der Waals surface area contributed by atoms with Gasteiger partial charge >= 0.3 is 0 Å². The minimum Gasteiger partial charge on any atom is -0.348 e. The molecule has 0 aliphatic rings. The van der Waals surface area contributed by atoms with Crippen LogP contribution in [0.1, 0.15) is 31.4 Å². The maximum atomic E-state index is 12.4. The highest BCUT2D eigenvalue weighted by atomic mass is 16.2. The van der Waals surface area contributed by atoms with Crippen LogP contribution in [0.4, 0.5) is 0 Å². The summed E-state index contributed by atoms with van der Waals surface area (Å²) >= 11 is 0. The monoisotopic (exact) mass is 335 g/mol. The first-order chi connectivity index (χ1) is 12.3. The van der Waals surface area contributed by atoms with E-state index in [-0.39, 0.29) is 18.5 Å². The number of carbonyl (C=O) groups is 1. The topological polar surface area (TPSA) is 72.7 Å². The molecule has 1 heterocycles. The first-order valence-corrected chi connectivity index (χ1v) is 8.44. The Morgan fingerprint density at radius 2 is 1.76 bits per heavy atom. The number of rotatable bonds is 7. The summed E-state index contributed by atoms with van der Waals surface area (Å²) in [5, 5.41) is 15.3. The predicted molar refractivity (Wildman–Crippen MR) is 95.5 cm³/mol. The highest BCUT2D eigenvalue weighted by molar-refractivity contribution is 5.76. The van der Waals surface area contributed by atoms with E-state index >= 15 is 0 Å². The Bertz CT molecular complexity index is 801. The summed E-state index contributed by atoms with van der Waals surface area (Å²) in [4.78, 5) is 13.7. The van der Waals surface area contributed by atoms with Crippen LogP contribution in [0.2, 0.25) is 0 Å². The maximum Gasteiger partial charge on any atom is 0.244 e. The van der Waals surface area contributed by atoms with Crippen molar-refractivity contribution in [2.75, 3.05) is 0 Å². The fourth-order valence-electron chi connectivity index (χ4n) is 2.68. The molecule has 1 aromatic heterocycles. The standard InChI is InChI=1S/C19H21N5O/c1-2-9-17(15-10-5-3-6-11-15)20-18(25)14-24-22-19(21-23-24)16-12-7-4-8-13-16/h3-8,10-13,17H,2,9,14H2,1H3,(H,20,25)/t17-/m0/s1. The summed E-state index contributed by atoms with van der Waals surface area (Å²) in [6, 6.07) is 19.6. The molecule has 0 radical (unpaired) electrons. The van der Waals surface area contributed by atoms with Crippen molar-refractivity contribution >= 4 is 5.91 Å². The van der Waals surface area contributed by atoms with E-state index < -0.39 is 0 Å². The van der Waals surface area contributed by atoms with Crippen molar-refractivity contribution in [3.05, 3.63) is 66.2 Å². The van der Waals surface area contributed by atoms with E-state index in [1.807, 2.05) is 60.7 Å². The molecule has 3 aromatic rings. The Morgan fingerprint density at radius 1 is 1.08 bits per heavy atom. The number of aromatic nitrogens is 4. The van der Waals surface area contributed by atoms with Gasteiger partial charge in [0.05, 0.1) is 6.04 Å². The van der Waals surface area contributed by atoms with Gasteiger partial charge in [-0.05, 0) is 17.2 Å². The van der Waals surface area contributed by atoms with Crippen LogP contribution >= 0.6 is 0 Å². The van der Waals surface area contributed by atoms with E-state index in [1.54, 1.807) is 0 Å². The molecule has 128 valence electrons. The average Bonchev–Trinajstić information content (AvgIpc) is 3.11. The maximum absolute atomic E-state index is 12.4. The molecule has 0 unspecified atom stereocenters. The van der Waals surface area contributed by atoms with Crippen molar-refractivity contribution in [3.63, 3.8) is 0 Å². The van der Waals surface area contributed by atoms with E-state index in [9.17, 15) is 4.79 Å². The van der Waals surface area contributed by atoms with E-state index in [0.29, 0.717) is 5.82 Å². The number of tetrazole rings is 1. The van der Waals surface area contributed by atoms with Crippen molar-refractivity contribution in [2.45, 2.75) is 32.4 Å². The van der Waals surface area contributed by atoms with Crippen LogP contribution in [-0.2, 0) is 11.3 Å². The number of hydrogen-bond acceptors (Lipinski definition) is 4. The molecule has 1 N–H and O–H groups in total. The number of benzene rings is 2. The fraction of sp³-hybridized carbons (Fsp3) is 0.263. The Labute approximate surface area is 146 Å². The highest BCUT2D eigenvalue weighted by Gasteiger charge is 2.15. The van der Waals surface area contributed by atoms with Crippen molar-refractivity contribution in [1.29, 1.82) is 0 Å². The lowest BCUT2D eigenvalue weighted by Crippen LogP contribution is -2.32. The van der Waals surface area contributed by atoms with E-state index in [0.717, 1.165) is 24.0 Å². The Kier molecular flexibility index (Phi) is 5.51. The largest absolute Gasteiger partial charge is 0.348 e. The lowest BCUT2D eigenvalue weighted by Gasteiger charge is -2.18. The summed E-state index contributed by atoms with van der Waals surface area (Å²) in [5.74, 6) is 0.390. The second-order valence-electron chi connectivity index (χ2n) is 5.83. The third-order valence-corrected chi connectivity index (χ3v) is 3.88. The van der Waals surface area contributed by atoms with Crippen LogP contribution in [-0.4, -0.2) is 26.1 Å². The van der Waals surface area contributed by atoms with Gasteiger partial charge in [-0.15, -0.1) is 10.2 Å². The van der Waals surface area contributed by atoms with E-state index in [4.69, 9.17) is 0 Å². The van der Waals surface area contributed by atoms with Gasteiger partial charge in [-0.25, -0.2) is 0 Å². The second-order valence-corrected chi connectivity index (χ2v) is 5.83. The molecule has 2 aromatic carbocycles. The quantitative estimate of drug-likeness (QED) is 0.720. The molecule has 0 spiro atoms. The average molecular weight is 335 g/mol. The van der Waals surface area contributed by atoms with Gasteiger partial charge in [-0.3, -0.25) is 4.79 Å². The molecule has 0 aliphatic carbocycles. The summed E-state index contributed by atoms with van der Waals surface area (Å²) in [6.45, 7) is 2.15. The van der Waals surface area contributed by atoms with Gasteiger partial charge in [0.1, 0.15) is 6.54 Å². The van der Waals surface area contributed by atoms with Gasteiger partial charge < -0.3 is 5.32 Å². The zero-order valence-electron chi connectivity index (χ0n) is 14.2. The number of hydrogen-bond donors (Lipinski definition) is 1. The molecule has 6 heteroatoms. The number of nitrogens with zero attached hydrogens (tertiary/aromatic N) is 4. The zero-order valence-corrected chi connectivity index (χ0v) is 14.2. The fourth-order valence-corrected chi connectivity index (χ4v) is 2.68. The second kappa shape index (κ2) is 8.19. The number of amides is 1. The smallest absolute Gasteiger partial charge is 0.244 e. The van der Waals surface area contributed by atoms with Crippen LogP contribution < -0.4 is 5.32 Å². The third-order valence-electron chi connectivity index (χ3n) is 3.88. The van der Waals surface area contributed by atoms with Crippen LogP contribution in [0.5, 0.6) is 0 Å². The van der Waals surface area contributed by atoms with Crippen molar-refractivity contribution in [1.82, 2.24) is 25.5 Å². The molecule has 6 nitrogen and oxygen atoms in total. The summed E-state index contributed by atoms with van der Waals surface area (Å²) in [5.41, 5.74) is 1.98. The molecular formula is C19H21N5O. The summed E-state index contributed by atoms with van der Waals surface area (Å²) in [7, 11) is 0. The van der Waals surface area contributed by atoms with Crippen LogP contribution in [0, 0.1) is 0 Å². The molecule has 25 heavy (non-hydrogen) atoms. The first-order valence-electron chi connectivity index (χ1n) is 8.44. The van der Waals surface area contributed by atoms with Crippen molar-refractivity contribution < 1.29 is 4.79 Å². The third kappa shape index (κ3) is 4.50. The minimum atomic E-state index is -0.126. The molecule has 0 aliphatic heterocycles. The number of nitrogens with one attached hydrogen (secondary N) is 1. The molecule has 1 atom stereocenters. The molecule has 0 saturated carbocycles. The molecule has 0 fully saturated rings. The van der Waals surface area contributed by atoms with Gasteiger partial charge in [-0.1, -0.05) is 74.0 Å². The van der Waals surface area contributed by atoms with E-state index in [1.165, 1.54) is 4.80 Å². The normalized spacial score (nSPS) is 11.9. The minimum absolute atomic E-state index is 0.00387. The lowest BCUT2D eigenvalue weighted by atomic mass is 10.0. The first kappa shape index (κ1) is 16.8. The Morgan fingerprint density at radius 3 is 2.44 bits per heavy atom. The van der Waals surface area contributed by atoms with Crippen LogP contribution in [0.3, 0.4) is 0 Å². The molecule has 0 bridgehead atoms. The Hall–Kier alpha value is -3.02. The highest BCUT2D eigenvalue weighted by Crippen LogP contribution is 2.18. The van der Waals surface area contributed by atoms with Gasteiger partial charge in [0, 0.05) is 5.56 Å². The lowest BCUT2D eigenvalue weighted by molar-refractivity contribution is -0.122. The van der Waals surface area contributed by atoms with Crippen LogP contribution in [0.25, 0.3) is 11.4 Å². The van der Waals surface area contributed by atoms with Gasteiger partial charge in [0.15, 0.2) is 0 Å². The summed E-state index contributed by atoms with van der Waals surface area (Å²) in [6.07, 6.45) is 1.87. The van der Waals surface area contributed by atoms with Gasteiger partial charge in [0.2, 0.25) is 11.7 Å². The van der Waals surface area contributed by atoms with Gasteiger partial charge in [-0.2, -0.15) is 4.80 Å². The molecule has 3 rings (SSSR count). The predicted octanol–water partition coefficient (Wildman–Crippen LogP) is 3.00. The van der Waals surface area contributed by atoms with Crippen molar-refractivity contribution in [2.24, 2.45) is 0 Å². The molecule has 1 amide bonds. The van der Waals surface area contributed by atoms with Gasteiger partial charge in [0.25, 0.3) is 0 Å². The van der Waals surface area contributed by atoms with Crippen molar-refractivity contribution in [3.8, 4) is 11.4 Å². The molecule has 0 saturated heterocycles. The summed E-state index contributed by atoms with van der Waals surface area (Å²) < 4.78 is 0. The van der Waals surface area contributed by atoms with Crippen LogP contribution in [0.15, 0.2) is 60.7 Å². The SMILES string of the molecule is CCC[C@H](NC(=O)Cn1nnc(-c2ccccc2)n1)c1ccccc1. The molecular weight excluding hydrogens is 314 g/mol.